The summed E-state index contributed by atoms with van der Waals surface area (Å²) in [5.74, 6) is 1.59. The van der Waals surface area contributed by atoms with E-state index in [1.807, 2.05) is 12.1 Å². The van der Waals surface area contributed by atoms with Gasteiger partial charge in [0.1, 0.15) is 23.1 Å². The molecule has 10 heteroatoms. The Morgan fingerprint density at radius 3 is 2.58 bits per heavy atom. The molecule has 0 spiro atoms. The first-order valence-electron chi connectivity index (χ1n) is 11.8. The van der Waals surface area contributed by atoms with Gasteiger partial charge in [0.05, 0.1) is 36.8 Å². The van der Waals surface area contributed by atoms with Crippen LogP contribution >= 0.6 is 0 Å². The number of ether oxygens (including phenoxy) is 1. The molecule has 1 aliphatic rings. The van der Waals surface area contributed by atoms with Crippen molar-refractivity contribution < 1.29 is 9.53 Å². The molecule has 0 atom stereocenters. The van der Waals surface area contributed by atoms with Crippen LogP contribution in [0.2, 0.25) is 0 Å². The van der Waals surface area contributed by atoms with Crippen molar-refractivity contribution in [3.05, 3.63) is 60.7 Å². The second-order valence-corrected chi connectivity index (χ2v) is 9.58. The summed E-state index contributed by atoms with van der Waals surface area (Å²) in [6.45, 7) is 8.99. The molecule has 0 unspecified atom stereocenters. The Hall–Kier alpha value is -4.18. The second kappa shape index (κ2) is 9.82. The number of carbonyl (C=O) groups excluding carboxylic acids is 1. The fourth-order valence-electron chi connectivity index (χ4n) is 3.87. The molecule has 1 fully saturated rings. The minimum Gasteiger partial charge on any atom is -0.378 e. The molecule has 1 amide bonds. The number of hydrogen-bond donors (Lipinski definition) is 2. The molecular weight excluding hydrogens is 456 g/mol. The van der Waals surface area contributed by atoms with Crippen LogP contribution in [0.25, 0.3) is 22.3 Å². The predicted molar refractivity (Wildman–Crippen MR) is 139 cm³/mol. The highest BCUT2D eigenvalue weighted by Gasteiger charge is 2.16. The van der Waals surface area contributed by atoms with Gasteiger partial charge in [0.15, 0.2) is 0 Å². The molecule has 0 aliphatic carbocycles. The van der Waals surface area contributed by atoms with Crippen LogP contribution in [0, 0.1) is 0 Å². The molecule has 1 aliphatic heterocycles. The first kappa shape index (κ1) is 23.6. The van der Waals surface area contributed by atoms with Gasteiger partial charge in [-0.05, 0) is 45.0 Å². The zero-order chi connectivity index (χ0) is 25.1. The molecule has 36 heavy (non-hydrogen) atoms. The van der Waals surface area contributed by atoms with Crippen molar-refractivity contribution in [2.45, 2.75) is 26.3 Å². The molecule has 10 nitrogen and oxygen atoms in total. The molecule has 184 valence electrons. The molecule has 4 aromatic rings. The largest absolute Gasteiger partial charge is 0.378 e. The third-order valence-corrected chi connectivity index (χ3v) is 5.56. The van der Waals surface area contributed by atoms with Crippen LogP contribution in [0.15, 0.2) is 55.1 Å². The van der Waals surface area contributed by atoms with Crippen molar-refractivity contribution in [2.75, 3.05) is 41.8 Å². The van der Waals surface area contributed by atoms with Crippen LogP contribution in [0.1, 0.15) is 31.1 Å². The van der Waals surface area contributed by atoms with Gasteiger partial charge in [-0.2, -0.15) is 0 Å². The summed E-state index contributed by atoms with van der Waals surface area (Å²) in [5, 5.41) is 7.06. The molecule has 4 aromatic heterocycles. The van der Waals surface area contributed by atoms with E-state index in [1.54, 1.807) is 43.0 Å². The fraction of sp³-hybridized carbons (Fsp3) is 0.308. The highest BCUT2D eigenvalue weighted by atomic mass is 16.5. The lowest BCUT2D eigenvalue weighted by Crippen LogP contribution is -2.36. The molecule has 0 radical (unpaired) electrons. The Kier molecular flexibility index (Phi) is 6.43. The van der Waals surface area contributed by atoms with E-state index in [4.69, 9.17) is 9.72 Å². The Labute approximate surface area is 209 Å². The maximum absolute atomic E-state index is 13.0. The number of fused-ring (bicyclic) bond motifs is 1. The zero-order valence-corrected chi connectivity index (χ0v) is 20.5. The van der Waals surface area contributed by atoms with E-state index in [0.29, 0.717) is 47.3 Å². The number of pyridine rings is 3. The lowest BCUT2D eigenvalue weighted by Gasteiger charge is -2.27. The van der Waals surface area contributed by atoms with E-state index in [2.05, 4.69) is 56.2 Å². The second-order valence-electron chi connectivity index (χ2n) is 9.58. The summed E-state index contributed by atoms with van der Waals surface area (Å²) in [7, 11) is 0. The highest BCUT2D eigenvalue weighted by molar-refractivity contribution is 6.04. The molecule has 1 saturated heterocycles. The van der Waals surface area contributed by atoms with Crippen LogP contribution in [-0.4, -0.2) is 62.7 Å². The fourth-order valence-corrected chi connectivity index (χ4v) is 3.87. The topological polar surface area (TPSA) is 118 Å². The van der Waals surface area contributed by atoms with Gasteiger partial charge >= 0.3 is 0 Å². The first-order chi connectivity index (χ1) is 17.3. The van der Waals surface area contributed by atoms with Crippen molar-refractivity contribution in [2.24, 2.45) is 0 Å². The molecular formula is C26H28N8O2. The molecule has 0 aromatic carbocycles. The normalized spacial score (nSPS) is 14.0. The number of morpholine rings is 1. The van der Waals surface area contributed by atoms with Crippen LogP contribution < -0.4 is 15.5 Å². The number of anilines is 3. The molecule has 0 saturated carbocycles. The number of hydrogen-bond acceptors (Lipinski definition) is 9. The zero-order valence-electron chi connectivity index (χ0n) is 20.5. The van der Waals surface area contributed by atoms with Crippen molar-refractivity contribution in [1.29, 1.82) is 0 Å². The van der Waals surface area contributed by atoms with Crippen LogP contribution in [0.3, 0.4) is 0 Å². The quantitative estimate of drug-likeness (QED) is 0.436. The average Bonchev–Trinajstić information content (AvgIpc) is 2.88. The summed E-state index contributed by atoms with van der Waals surface area (Å²) >= 11 is 0. The Morgan fingerprint density at radius 1 is 0.944 bits per heavy atom. The predicted octanol–water partition coefficient (Wildman–Crippen LogP) is 3.78. The van der Waals surface area contributed by atoms with Crippen molar-refractivity contribution in [3.8, 4) is 11.4 Å². The molecule has 0 bridgehead atoms. The van der Waals surface area contributed by atoms with Crippen molar-refractivity contribution in [3.63, 3.8) is 0 Å². The van der Waals surface area contributed by atoms with E-state index < -0.39 is 0 Å². The number of aromatic nitrogens is 5. The number of carbonyl (C=O) groups is 1. The lowest BCUT2D eigenvalue weighted by atomic mass is 10.1. The van der Waals surface area contributed by atoms with E-state index in [1.165, 1.54) is 0 Å². The Morgan fingerprint density at radius 2 is 1.78 bits per heavy atom. The number of nitrogens with zero attached hydrogens (tertiary/aromatic N) is 6. The van der Waals surface area contributed by atoms with Gasteiger partial charge in [0, 0.05) is 48.0 Å². The minimum absolute atomic E-state index is 0.138. The summed E-state index contributed by atoms with van der Waals surface area (Å²) in [4.78, 5) is 37.6. The van der Waals surface area contributed by atoms with E-state index in [9.17, 15) is 4.79 Å². The monoisotopic (exact) mass is 484 g/mol. The van der Waals surface area contributed by atoms with Crippen LogP contribution in [0.5, 0.6) is 0 Å². The van der Waals surface area contributed by atoms with Crippen LogP contribution in [-0.2, 0) is 4.74 Å². The molecule has 5 rings (SSSR count). The number of amides is 1. The average molecular weight is 485 g/mol. The first-order valence-corrected chi connectivity index (χ1v) is 11.8. The summed E-state index contributed by atoms with van der Waals surface area (Å²) in [6.07, 6.45) is 6.71. The summed E-state index contributed by atoms with van der Waals surface area (Å²) in [6, 6.07) is 9.05. The van der Waals surface area contributed by atoms with Gasteiger partial charge in [-0.25, -0.2) is 19.9 Å². The van der Waals surface area contributed by atoms with E-state index >= 15 is 0 Å². The van der Waals surface area contributed by atoms with Gasteiger partial charge in [0.25, 0.3) is 5.91 Å². The molecule has 2 N–H and O–H groups in total. The highest BCUT2D eigenvalue weighted by Crippen LogP contribution is 2.23. The van der Waals surface area contributed by atoms with Crippen molar-refractivity contribution >= 4 is 34.3 Å². The summed E-state index contributed by atoms with van der Waals surface area (Å²) < 4.78 is 5.40. The number of nitrogens with one attached hydrogen (secondary N) is 2. The van der Waals surface area contributed by atoms with Crippen molar-refractivity contribution in [1.82, 2.24) is 24.9 Å². The van der Waals surface area contributed by atoms with Gasteiger partial charge < -0.3 is 20.3 Å². The minimum atomic E-state index is -0.262. The third kappa shape index (κ3) is 5.55. The maximum Gasteiger partial charge on any atom is 0.257 e. The Balaban J connectivity index is 1.36. The Bertz CT molecular complexity index is 1400. The number of rotatable bonds is 5. The van der Waals surface area contributed by atoms with E-state index in [0.717, 1.165) is 24.3 Å². The van der Waals surface area contributed by atoms with E-state index in [-0.39, 0.29) is 11.4 Å². The maximum atomic E-state index is 13.0. The molecule has 5 heterocycles. The van der Waals surface area contributed by atoms with Gasteiger partial charge in [-0.3, -0.25) is 9.78 Å². The lowest BCUT2D eigenvalue weighted by molar-refractivity contribution is 0.102. The SMILES string of the molecule is CC(C)(C)Nc1cncc(-c2ccc3cnc(NC(=O)c4ccnc(N5CCOCC5)c4)cc3n2)n1. The van der Waals surface area contributed by atoms with Gasteiger partial charge in [0.2, 0.25) is 0 Å². The smallest absolute Gasteiger partial charge is 0.257 e. The third-order valence-electron chi connectivity index (χ3n) is 5.56. The van der Waals surface area contributed by atoms with Gasteiger partial charge in [-0.1, -0.05) is 0 Å². The van der Waals surface area contributed by atoms with Crippen LogP contribution in [0.4, 0.5) is 17.5 Å². The van der Waals surface area contributed by atoms with Gasteiger partial charge in [-0.15, -0.1) is 0 Å². The summed E-state index contributed by atoms with van der Waals surface area (Å²) in [5.41, 5.74) is 2.40. The standard InChI is InChI=1S/C26H28N8O2/c1-26(2,3)33-23-16-27-15-21(31-23)19-5-4-18-14-29-22(13-20(18)30-19)32-25(35)17-6-7-28-24(12-17)34-8-10-36-11-9-34/h4-7,12-16H,8-11H2,1-3H3,(H,31,33)(H,29,32,35).